The fourth-order valence-corrected chi connectivity index (χ4v) is 2.17. The molecular weight excluding hydrogens is 321 g/mol. The highest BCUT2D eigenvalue weighted by Gasteiger charge is 2.07. The second-order valence-electron chi connectivity index (χ2n) is 4.36. The number of ether oxygens (including phenoxy) is 1. The number of unbranched alkanes of at least 4 members (excludes halogenated alkanes) is 1. The lowest BCUT2D eigenvalue weighted by atomic mass is 10.3. The van der Waals surface area contributed by atoms with E-state index in [1.807, 2.05) is 0 Å². The van der Waals surface area contributed by atoms with Crippen molar-refractivity contribution in [3.05, 3.63) is 27.4 Å². The molecule has 102 valence electrons. The van der Waals surface area contributed by atoms with E-state index in [0.717, 1.165) is 19.4 Å². The van der Waals surface area contributed by atoms with Gasteiger partial charge in [-0.1, -0.05) is 25.4 Å². The molecular formula is C13H18BrClFNO. The van der Waals surface area contributed by atoms with Gasteiger partial charge in [-0.2, -0.15) is 0 Å². The summed E-state index contributed by atoms with van der Waals surface area (Å²) in [6, 6.07) is 3.32. The molecule has 0 saturated heterocycles. The van der Waals surface area contributed by atoms with Crippen molar-refractivity contribution in [1.29, 1.82) is 0 Å². The minimum atomic E-state index is -0.462. The third kappa shape index (κ3) is 5.55. The number of rotatable bonds is 7. The Labute approximate surface area is 121 Å². The molecule has 2 nitrogen and oxygen atoms in total. The smallest absolute Gasteiger partial charge is 0.145 e. The minimum absolute atomic E-state index is 0.0929. The van der Waals surface area contributed by atoms with Crippen LogP contribution in [0.4, 0.5) is 4.39 Å². The van der Waals surface area contributed by atoms with Crippen molar-refractivity contribution in [3.63, 3.8) is 0 Å². The highest BCUT2D eigenvalue weighted by Crippen LogP contribution is 2.30. The quantitative estimate of drug-likeness (QED) is 0.588. The number of hydrogen-bond acceptors (Lipinski definition) is 2. The van der Waals surface area contributed by atoms with E-state index in [1.54, 1.807) is 0 Å². The zero-order valence-electron chi connectivity index (χ0n) is 10.6. The predicted octanol–water partition coefficient (Wildman–Crippen LogP) is 4.40. The Morgan fingerprint density at radius 1 is 1.39 bits per heavy atom. The highest BCUT2D eigenvalue weighted by atomic mass is 79.9. The molecule has 5 heteroatoms. The van der Waals surface area contributed by atoms with E-state index in [-0.39, 0.29) is 5.02 Å². The average Bonchev–Trinajstić information content (AvgIpc) is 2.29. The Kier molecular flexibility index (Phi) is 6.97. The van der Waals surface area contributed by atoms with Crippen LogP contribution in [0, 0.1) is 5.82 Å². The van der Waals surface area contributed by atoms with Gasteiger partial charge in [-0.15, -0.1) is 0 Å². The Morgan fingerprint density at radius 2 is 2.11 bits per heavy atom. The van der Waals surface area contributed by atoms with Gasteiger partial charge in [0, 0.05) is 12.1 Å². The highest BCUT2D eigenvalue weighted by molar-refractivity contribution is 9.10. The van der Waals surface area contributed by atoms with Crippen molar-refractivity contribution >= 4 is 27.5 Å². The maximum Gasteiger partial charge on any atom is 0.145 e. The molecule has 0 spiro atoms. The summed E-state index contributed by atoms with van der Waals surface area (Å²) in [4.78, 5) is 0. The molecule has 0 amide bonds. The van der Waals surface area contributed by atoms with Gasteiger partial charge in [0.05, 0.1) is 16.1 Å². The monoisotopic (exact) mass is 337 g/mol. The van der Waals surface area contributed by atoms with Crippen molar-refractivity contribution < 1.29 is 9.13 Å². The van der Waals surface area contributed by atoms with Crippen LogP contribution in [-0.4, -0.2) is 19.2 Å². The molecule has 1 aromatic rings. The van der Waals surface area contributed by atoms with E-state index in [1.165, 1.54) is 12.1 Å². The first-order chi connectivity index (χ1) is 8.50. The van der Waals surface area contributed by atoms with Gasteiger partial charge in [0.2, 0.25) is 0 Å². The minimum Gasteiger partial charge on any atom is -0.492 e. The van der Waals surface area contributed by atoms with Gasteiger partial charge in [0.15, 0.2) is 0 Å². The van der Waals surface area contributed by atoms with E-state index in [2.05, 4.69) is 35.1 Å². The predicted molar refractivity (Wildman–Crippen MR) is 77.0 cm³/mol. The van der Waals surface area contributed by atoms with E-state index >= 15 is 0 Å². The summed E-state index contributed by atoms with van der Waals surface area (Å²) in [5, 5.41) is 3.42. The summed E-state index contributed by atoms with van der Waals surface area (Å²) in [5.74, 6) is 0.0325. The zero-order chi connectivity index (χ0) is 13.5. The van der Waals surface area contributed by atoms with Crippen molar-refractivity contribution in [1.82, 2.24) is 5.32 Å². The molecule has 1 N–H and O–H groups in total. The fourth-order valence-electron chi connectivity index (χ4n) is 1.41. The van der Waals surface area contributed by atoms with E-state index < -0.39 is 5.82 Å². The summed E-state index contributed by atoms with van der Waals surface area (Å²) >= 11 is 8.94. The Bertz CT molecular complexity index is 387. The van der Waals surface area contributed by atoms with Crippen LogP contribution in [0.2, 0.25) is 5.02 Å². The molecule has 0 fully saturated rings. The standard InChI is InChI=1S/C13H18BrClFNO/c1-9(2)17-5-3-4-6-18-13-8-12(16)11(15)7-10(13)14/h7-9,17H,3-6H2,1-2H3. The van der Waals surface area contributed by atoms with E-state index in [0.29, 0.717) is 22.9 Å². The van der Waals surface area contributed by atoms with E-state index in [9.17, 15) is 4.39 Å². The zero-order valence-corrected chi connectivity index (χ0v) is 12.9. The SMILES string of the molecule is CC(C)NCCCCOc1cc(F)c(Cl)cc1Br. The molecule has 0 aliphatic carbocycles. The van der Waals surface area contributed by atoms with Crippen LogP contribution in [0.1, 0.15) is 26.7 Å². The molecule has 0 aliphatic rings. The van der Waals surface area contributed by atoms with Crippen LogP contribution in [0.15, 0.2) is 16.6 Å². The van der Waals surface area contributed by atoms with Crippen molar-refractivity contribution in [2.24, 2.45) is 0 Å². The maximum absolute atomic E-state index is 13.2. The number of nitrogens with one attached hydrogen (secondary N) is 1. The maximum atomic E-state index is 13.2. The first kappa shape index (κ1) is 15.7. The topological polar surface area (TPSA) is 21.3 Å². The summed E-state index contributed by atoms with van der Waals surface area (Å²) in [6.45, 7) is 5.77. The largest absolute Gasteiger partial charge is 0.492 e. The van der Waals surface area contributed by atoms with E-state index in [4.69, 9.17) is 16.3 Å². The normalized spacial score (nSPS) is 11.0. The summed E-state index contributed by atoms with van der Waals surface area (Å²) in [5.41, 5.74) is 0. The second-order valence-corrected chi connectivity index (χ2v) is 5.62. The molecule has 0 aromatic heterocycles. The van der Waals surface area contributed by atoms with Crippen LogP contribution < -0.4 is 10.1 Å². The van der Waals surface area contributed by atoms with Crippen molar-refractivity contribution in [2.75, 3.05) is 13.2 Å². The van der Waals surface area contributed by atoms with Gasteiger partial charge >= 0.3 is 0 Å². The lowest BCUT2D eigenvalue weighted by Gasteiger charge is -2.10. The van der Waals surface area contributed by atoms with Gasteiger partial charge in [-0.05, 0) is 41.4 Å². The van der Waals surface area contributed by atoms with Crippen LogP contribution in [-0.2, 0) is 0 Å². The van der Waals surface area contributed by atoms with Crippen LogP contribution >= 0.6 is 27.5 Å². The van der Waals surface area contributed by atoms with Gasteiger partial charge in [-0.3, -0.25) is 0 Å². The molecule has 0 atom stereocenters. The molecule has 0 heterocycles. The molecule has 0 bridgehead atoms. The lowest BCUT2D eigenvalue weighted by Crippen LogP contribution is -2.23. The fraction of sp³-hybridized carbons (Fsp3) is 0.538. The van der Waals surface area contributed by atoms with Crippen molar-refractivity contribution in [2.45, 2.75) is 32.7 Å². The Balaban J connectivity index is 2.29. The first-order valence-corrected chi connectivity index (χ1v) is 7.18. The molecule has 1 rings (SSSR count). The molecule has 0 radical (unpaired) electrons. The third-order valence-corrected chi connectivity index (χ3v) is 3.27. The third-order valence-electron chi connectivity index (χ3n) is 2.36. The molecule has 18 heavy (non-hydrogen) atoms. The summed E-state index contributed by atoms with van der Waals surface area (Å²) < 4.78 is 19.4. The molecule has 0 aliphatic heterocycles. The summed E-state index contributed by atoms with van der Waals surface area (Å²) in [6.07, 6.45) is 1.96. The number of halogens is 3. The van der Waals surface area contributed by atoms with Gasteiger partial charge in [0.1, 0.15) is 11.6 Å². The lowest BCUT2D eigenvalue weighted by molar-refractivity contribution is 0.302. The van der Waals surface area contributed by atoms with Gasteiger partial charge in [0.25, 0.3) is 0 Å². The van der Waals surface area contributed by atoms with Gasteiger partial charge in [-0.25, -0.2) is 4.39 Å². The van der Waals surface area contributed by atoms with Gasteiger partial charge < -0.3 is 10.1 Å². The molecule has 1 aromatic carbocycles. The van der Waals surface area contributed by atoms with Crippen molar-refractivity contribution in [3.8, 4) is 5.75 Å². The summed E-state index contributed by atoms with van der Waals surface area (Å²) in [7, 11) is 0. The first-order valence-electron chi connectivity index (χ1n) is 6.01. The Hall–Kier alpha value is -0.320. The Morgan fingerprint density at radius 3 is 2.78 bits per heavy atom. The second kappa shape index (κ2) is 7.97. The van der Waals surface area contributed by atoms with Crippen LogP contribution in [0.25, 0.3) is 0 Å². The molecule has 0 saturated carbocycles. The van der Waals surface area contributed by atoms with Crippen LogP contribution in [0.3, 0.4) is 0 Å². The average molecular weight is 339 g/mol. The van der Waals surface area contributed by atoms with Crippen LogP contribution in [0.5, 0.6) is 5.75 Å². The number of hydrogen-bond donors (Lipinski definition) is 1. The molecule has 0 unspecified atom stereocenters. The number of benzene rings is 1.